The molecule has 0 aliphatic heterocycles. The molecule has 0 saturated carbocycles. The Morgan fingerprint density at radius 3 is 2.48 bits per heavy atom. The summed E-state index contributed by atoms with van der Waals surface area (Å²) >= 11 is 0. The first-order chi connectivity index (χ1) is 12.8. The monoisotopic (exact) mass is 375 g/mol. The van der Waals surface area contributed by atoms with E-state index in [2.05, 4.69) is 5.10 Å². The minimum absolute atomic E-state index is 0.00594. The Morgan fingerprint density at radius 1 is 1.26 bits per heavy atom. The molecule has 2 aromatic heterocycles. The lowest BCUT2D eigenvalue weighted by molar-refractivity contribution is -0.387. The molecule has 0 unspecified atom stereocenters. The van der Waals surface area contributed by atoms with Gasteiger partial charge in [0.05, 0.1) is 11.1 Å². The van der Waals surface area contributed by atoms with Crippen molar-refractivity contribution < 1.29 is 4.92 Å². The summed E-state index contributed by atoms with van der Waals surface area (Å²) in [5, 5.41) is 15.7. The first-order valence-electron chi connectivity index (χ1n) is 8.95. The van der Waals surface area contributed by atoms with Crippen molar-refractivity contribution in [2.75, 3.05) is 0 Å². The Hall–Kier alpha value is -2.97. The molecule has 0 radical (unpaired) electrons. The summed E-state index contributed by atoms with van der Waals surface area (Å²) in [5.41, 5.74) is -1.22. The molecule has 0 saturated heterocycles. The third kappa shape index (κ3) is 4.60. The largest absolute Gasteiger partial charge is 0.357 e. The van der Waals surface area contributed by atoms with Crippen LogP contribution in [-0.4, -0.2) is 23.8 Å². The molecule has 0 aromatic carbocycles. The Balaban J connectivity index is 2.74. The van der Waals surface area contributed by atoms with E-state index in [-0.39, 0.29) is 18.2 Å². The Kier molecular flexibility index (Phi) is 6.49. The molecule has 2 rings (SSSR count). The second kappa shape index (κ2) is 8.61. The SMILES string of the molecule is CCCCn1c(C=Cc2cnn(C)c2)c([N+](=O)[O-])c(=O)n(CC(C)C)c1=O. The van der Waals surface area contributed by atoms with Gasteiger partial charge in [0.1, 0.15) is 5.69 Å². The van der Waals surface area contributed by atoms with Gasteiger partial charge in [-0.2, -0.15) is 5.10 Å². The van der Waals surface area contributed by atoms with E-state index in [1.807, 2.05) is 20.8 Å². The van der Waals surface area contributed by atoms with Crippen molar-refractivity contribution in [1.29, 1.82) is 0 Å². The average molecular weight is 375 g/mol. The van der Waals surface area contributed by atoms with Crippen LogP contribution in [0.1, 0.15) is 44.9 Å². The molecule has 146 valence electrons. The van der Waals surface area contributed by atoms with E-state index in [1.54, 1.807) is 30.2 Å². The van der Waals surface area contributed by atoms with Crippen LogP contribution in [0.25, 0.3) is 12.2 Å². The Bertz CT molecular complexity index is 965. The van der Waals surface area contributed by atoms with Crippen LogP contribution in [0.3, 0.4) is 0 Å². The maximum Gasteiger partial charge on any atom is 0.357 e. The van der Waals surface area contributed by atoms with Crippen molar-refractivity contribution in [1.82, 2.24) is 18.9 Å². The number of nitrogens with zero attached hydrogens (tertiary/aromatic N) is 5. The molecule has 0 fully saturated rings. The van der Waals surface area contributed by atoms with Gasteiger partial charge in [0.15, 0.2) is 0 Å². The standard InChI is InChI=1S/C18H25N5O4/c1-5-6-9-21-15(8-7-14-10-19-20(4)12-14)16(23(26)27)17(24)22(18(21)25)11-13(2)3/h7-8,10,12-13H,5-6,9,11H2,1-4H3. The molecule has 27 heavy (non-hydrogen) atoms. The molecule has 0 aliphatic rings. The summed E-state index contributed by atoms with van der Waals surface area (Å²) in [4.78, 5) is 36.5. The van der Waals surface area contributed by atoms with Gasteiger partial charge in [-0.1, -0.05) is 27.2 Å². The number of hydrogen-bond acceptors (Lipinski definition) is 5. The van der Waals surface area contributed by atoms with Crippen molar-refractivity contribution in [3.05, 3.63) is 54.6 Å². The Morgan fingerprint density at radius 2 is 1.96 bits per heavy atom. The van der Waals surface area contributed by atoms with E-state index in [4.69, 9.17) is 0 Å². The van der Waals surface area contributed by atoms with Crippen LogP contribution in [0, 0.1) is 16.0 Å². The van der Waals surface area contributed by atoms with Gasteiger partial charge < -0.3 is 0 Å². The fourth-order valence-electron chi connectivity index (χ4n) is 2.80. The Labute approximate surface area is 156 Å². The maximum atomic E-state index is 12.9. The second-order valence-electron chi connectivity index (χ2n) is 6.87. The molecule has 0 N–H and O–H groups in total. The third-order valence-corrected chi connectivity index (χ3v) is 4.07. The van der Waals surface area contributed by atoms with Gasteiger partial charge in [-0.05, 0) is 24.5 Å². The highest BCUT2D eigenvalue weighted by Crippen LogP contribution is 2.17. The van der Waals surface area contributed by atoms with Crippen molar-refractivity contribution in [3.63, 3.8) is 0 Å². The smallest absolute Gasteiger partial charge is 0.287 e. The van der Waals surface area contributed by atoms with Gasteiger partial charge >= 0.3 is 16.9 Å². The quantitative estimate of drug-likeness (QED) is 0.520. The van der Waals surface area contributed by atoms with Crippen LogP contribution in [0.15, 0.2) is 22.0 Å². The van der Waals surface area contributed by atoms with E-state index in [0.717, 1.165) is 11.0 Å². The normalized spacial score (nSPS) is 11.6. The summed E-state index contributed by atoms with van der Waals surface area (Å²) < 4.78 is 3.90. The fraction of sp³-hybridized carbons (Fsp3) is 0.500. The number of aryl methyl sites for hydroxylation is 1. The lowest BCUT2D eigenvalue weighted by Gasteiger charge is -2.15. The summed E-state index contributed by atoms with van der Waals surface area (Å²) in [6.07, 6.45) is 7.88. The lowest BCUT2D eigenvalue weighted by atomic mass is 10.2. The molecule has 0 amide bonds. The van der Waals surface area contributed by atoms with Gasteiger partial charge in [0.2, 0.25) is 0 Å². The predicted octanol–water partition coefficient (Wildman–Crippen LogP) is 2.28. The number of unbranched alkanes of at least 4 members (excludes halogenated alkanes) is 1. The number of hydrogen-bond donors (Lipinski definition) is 0. The highest BCUT2D eigenvalue weighted by atomic mass is 16.6. The molecule has 9 nitrogen and oxygen atoms in total. The van der Waals surface area contributed by atoms with Gasteiger partial charge in [-0.15, -0.1) is 0 Å². The maximum absolute atomic E-state index is 12.9. The molecular formula is C18H25N5O4. The summed E-state index contributed by atoms with van der Waals surface area (Å²) in [6, 6.07) is 0. The number of aromatic nitrogens is 4. The van der Waals surface area contributed by atoms with Crippen LogP contribution in [0.5, 0.6) is 0 Å². The van der Waals surface area contributed by atoms with Crippen molar-refractivity contribution in [2.24, 2.45) is 13.0 Å². The fourth-order valence-corrected chi connectivity index (χ4v) is 2.80. The molecule has 0 bridgehead atoms. The van der Waals surface area contributed by atoms with Crippen molar-refractivity contribution in [3.8, 4) is 0 Å². The molecule has 0 atom stereocenters. The van der Waals surface area contributed by atoms with Crippen LogP contribution in [0.4, 0.5) is 5.69 Å². The van der Waals surface area contributed by atoms with E-state index in [0.29, 0.717) is 18.5 Å². The highest BCUT2D eigenvalue weighted by Gasteiger charge is 2.26. The first kappa shape index (κ1) is 20.3. The van der Waals surface area contributed by atoms with Gasteiger partial charge in [0, 0.05) is 31.9 Å². The van der Waals surface area contributed by atoms with E-state index in [9.17, 15) is 19.7 Å². The first-order valence-corrected chi connectivity index (χ1v) is 8.95. The van der Waals surface area contributed by atoms with E-state index >= 15 is 0 Å². The molecule has 2 aromatic rings. The van der Waals surface area contributed by atoms with Crippen molar-refractivity contribution in [2.45, 2.75) is 46.7 Å². The van der Waals surface area contributed by atoms with Crippen LogP contribution in [-0.2, 0) is 20.1 Å². The summed E-state index contributed by atoms with van der Waals surface area (Å²) in [7, 11) is 1.75. The molecule has 2 heterocycles. The number of nitro groups is 1. The predicted molar refractivity (Wildman–Crippen MR) is 103 cm³/mol. The van der Waals surface area contributed by atoms with Crippen LogP contribution >= 0.6 is 0 Å². The lowest BCUT2D eigenvalue weighted by Crippen LogP contribution is -2.43. The summed E-state index contributed by atoms with van der Waals surface area (Å²) in [6.45, 7) is 6.11. The zero-order chi connectivity index (χ0) is 20.1. The minimum Gasteiger partial charge on any atom is -0.287 e. The topological polar surface area (TPSA) is 105 Å². The molecule has 0 spiro atoms. The van der Waals surface area contributed by atoms with Crippen LogP contribution in [0.2, 0.25) is 0 Å². The molecule has 9 heteroatoms. The highest BCUT2D eigenvalue weighted by molar-refractivity contribution is 5.71. The molecular weight excluding hydrogens is 350 g/mol. The van der Waals surface area contributed by atoms with E-state index < -0.39 is 21.9 Å². The third-order valence-electron chi connectivity index (χ3n) is 4.07. The zero-order valence-electron chi connectivity index (χ0n) is 16.1. The average Bonchev–Trinajstić information content (AvgIpc) is 3.00. The second-order valence-corrected chi connectivity index (χ2v) is 6.87. The molecule has 0 aliphatic carbocycles. The minimum atomic E-state index is -0.864. The number of rotatable bonds is 8. The zero-order valence-corrected chi connectivity index (χ0v) is 16.1. The van der Waals surface area contributed by atoms with E-state index in [1.165, 1.54) is 10.6 Å². The van der Waals surface area contributed by atoms with Gasteiger partial charge in [0.25, 0.3) is 0 Å². The van der Waals surface area contributed by atoms with Crippen molar-refractivity contribution >= 4 is 17.8 Å². The van der Waals surface area contributed by atoms with Gasteiger partial charge in [-0.25, -0.2) is 4.79 Å². The summed E-state index contributed by atoms with van der Waals surface area (Å²) in [5.74, 6) is 0.00594. The van der Waals surface area contributed by atoms with Gasteiger partial charge in [-0.3, -0.25) is 28.7 Å². The van der Waals surface area contributed by atoms with Crippen LogP contribution < -0.4 is 11.2 Å².